The summed E-state index contributed by atoms with van der Waals surface area (Å²) in [5.74, 6) is 0.222. The van der Waals surface area contributed by atoms with Crippen LogP contribution >= 0.6 is 11.6 Å². The summed E-state index contributed by atoms with van der Waals surface area (Å²) in [6.45, 7) is 2.02. The molecule has 2 bridgehead atoms. The lowest BCUT2D eigenvalue weighted by molar-refractivity contribution is -0.117. The van der Waals surface area contributed by atoms with Crippen molar-refractivity contribution in [2.45, 2.75) is 38.6 Å². The summed E-state index contributed by atoms with van der Waals surface area (Å²) in [7, 11) is 1.27. The van der Waals surface area contributed by atoms with Crippen molar-refractivity contribution in [1.29, 1.82) is 0 Å². The Balaban J connectivity index is 1.41. The number of nitrogens with zero attached hydrogens (tertiary/aromatic N) is 5. The number of H-pyrrole nitrogens is 1. The minimum absolute atomic E-state index is 0.107. The van der Waals surface area contributed by atoms with Crippen molar-refractivity contribution in [3.05, 3.63) is 71.4 Å². The van der Waals surface area contributed by atoms with Crippen LogP contribution in [0.3, 0.4) is 0 Å². The average molecular weight is 604 g/mol. The molecule has 0 fully saturated rings. The van der Waals surface area contributed by atoms with Gasteiger partial charge in [0.25, 0.3) is 0 Å². The molecule has 1 aliphatic rings. The van der Waals surface area contributed by atoms with Crippen LogP contribution in [0.25, 0.3) is 23.0 Å². The van der Waals surface area contributed by atoms with Crippen LogP contribution in [-0.2, 0) is 14.3 Å². The molecule has 3 amide bonds. The van der Waals surface area contributed by atoms with Gasteiger partial charge in [-0.1, -0.05) is 31.4 Å². The van der Waals surface area contributed by atoms with E-state index < -0.39 is 12.1 Å². The number of fused-ring (bicyclic) bond motifs is 4. The zero-order chi connectivity index (χ0) is 30.3. The highest BCUT2D eigenvalue weighted by Crippen LogP contribution is 2.32. The molecule has 222 valence electrons. The molecule has 0 unspecified atom stereocenters. The number of methoxy groups -OCH3 is 1. The third-order valence-electron chi connectivity index (χ3n) is 6.97. The number of hydrogen-bond donors (Lipinski definition) is 4. The van der Waals surface area contributed by atoms with Gasteiger partial charge in [0.1, 0.15) is 12.2 Å². The van der Waals surface area contributed by atoms with Gasteiger partial charge in [-0.2, -0.15) is 4.68 Å². The van der Waals surface area contributed by atoms with Gasteiger partial charge < -0.3 is 20.4 Å². The Labute approximate surface area is 252 Å². The number of imidazole rings is 1. The lowest BCUT2D eigenvalue weighted by atomic mass is 9.98. The standard InChI is InChI=1S/C29H30ClN9O4/c1-17-4-3-5-22(34-26(40)11-6-18-13-19(30)7-10-25(18)39-16-32-37-38-39)28-31-15-24(36-28)21-9-8-20(33-29(42)43-2)14-23(21)35-27(41)12-17/h6-11,13-17,22H,3-5,12H2,1-2H3,(H,31,36)(H,33,42)(H,34,40)(H,35,41)/t17-,22-/m0/s1. The summed E-state index contributed by atoms with van der Waals surface area (Å²) in [6, 6.07) is 9.91. The number of carbonyl (C=O) groups excluding carboxylic acids is 3. The van der Waals surface area contributed by atoms with Crippen LogP contribution in [-0.4, -0.2) is 55.2 Å². The van der Waals surface area contributed by atoms with Gasteiger partial charge in [0, 0.05) is 40.5 Å². The van der Waals surface area contributed by atoms with Crippen LogP contribution in [0.5, 0.6) is 0 Å². The maximum absolute atomic E-state index is 13.2. The highest BCUT2D eigenvalue weighted by atomic mass is 35.5. The normalized spacial score (nSPS) is 17.1. The minimum Gasteiger partial charge on any atom is -0.453 e. The molecule has 0 saturated carbocycles. The van der Waals surface area contributed by atoms with Crippen molar-refractivity contribution in [2.24, 2.45) is 5.92 Å². The first-order chi connectivity index (χ1) is 20.8. The Kier molecular flexibility index (Phi) is 9.11. The van der Waals surface area contributed by atoms with Gasteiger partial charge in [-0.15, -0.1) is 5.10 Å². The van der Waals surface area contributed by atoms with Crippen molar-refractivity contribution < 1.29 is 19.1 Å². The van der Waals surface area contributed by atoms with Crippen molar-refractivity contribution >= 4 is 47.0 Å². The van der Waals surface area contributed by atoms with E-state index in [2.05, 4.69) is 41.2 Å². The van der Waals surface area contributed by atoms with Crippen LogP contribution in [0.1, 0.15) is 50.0 Å². The Hall–Kier alpha value is -5.04. The molecule has 5 rings (SSSR count). The second kappa shape index (κ2) is 13.3. The van der Waals surface area contributed by atoms with Gasteiger partial charge in [-0.05, 0) is 65.2 Å². The van der Waals surface area contributed by atoms with E-state index in [0.717, 1.165) is 12.8 Å². The van der Waals surface area contributed by atoms with Crippen LogP contribution < -0.4 is 16.0 Å². The highest BCUT2D eigenvalue weighted by molar-refractivity contribution is 6.30. The van der Waals surface area contributed by atoms with E-state index in [4.69, 9.17) is 16.6 Å². The summed E-state index contributed by atoms with van der Waals surface area (Å²) in [5.41, 5.74) is 3.50. The molecule has 1 aliphatic heterocycles. The zero-order valence-corrected chi connectivity index (χ0v) is 24.3. The topological polar surface area (TPSA) is 169 Å². The molecule has 2 aromatic carbocycles. The van der Waals surface area contributed by atoms with E-state index >= 15 is 0 Å². The summed E-state index contributed by atoms with van der Waals surface area (Å²) in [6.07, 6.45) is 8.11. The van der Waals surface area contributed by atoms with Crippen LogP contribution in [0, 0.1) is 5.92 Å². The average Bonchev–Trinajstić information content (AvgIpc) is 3.68. The first-order valence-electron chi connectivity index (χ1n) is 13.6. The Morgan fingerprint density at radius 2 is 2.05 bits per heavy atom. The summed E-state index contributed by atoms with van der Waals surface area (Å²) in [5, 5.41) is 20.4. The van der Waals surface area contributed by atoms with E-state index in [9.17, 15) is 14.4 Å². The van der Waals surface area contributed by atoms with E-state index in [1.807, 2.05) is 6.92 Å². The molecule has 0 radical (unpaired) electrons. The number of hydrogen-bond acceptors (Lipinski definition) is 8. The molecule has 3 heterocycles. The first kappa shape index (κ1) is 29.5. The van der Waals surface area contributed by atoms with Gasteiger partial charge in [0.05, 0.1) is 30.2 Å². The minimum atomic E-state index is -0.624. The van der Waals surface area contributed by atoms with Gasteiger partial charge in [0.2, 0.25) is 11.8 Å². The van der Waals surface area contributed by atoms with Crippen molar-refractivity contribution in [2.75, 3.05) is 17.7 Å². The van der Waals surface area contributed by atoms with Crippen LogP contribution in [0.15, 0.2) is 55.0 Å². The SMILES string of the molecule is COC(=O)Nc1ccc2c(c1)NC(=O)C[C@@H](C)CCC[C@H](NC(=O)C=Cc1cc(Cl)ccc1-n1cnnn1)c1nc-2c[nH]1. The third kappa shape index (κ3) is 7.43. The number of ether oxygens (including phenoxy) is 1. The maximum Gasteiger partial charge on any atom is 0.411 e. The largest absolute Gasteiger partial charge is 0.453 e. The Bertz CT molecular complexity index is 1650. The number of nitrogens with one attached hydrogen (secondary N) is 4. The fourth-order valence-corrected chi connectivity index (χ4v) is 5.04. The fraction of sp³-hybridized carbons (Fsp3) is 0.276. The number of aromatic amines is 1. The molecule has 14 heteroatoms. The molecular weight excluding hydrogens is 574 g/mol. The molecule has 4 aromatic rings. The second-order valence-corrected chi connectivity index (χ2v) is 10.6. The quantitative estimate of drug-likeness (QED) is 0.233. The predicted molar refractivity (Wildman–Crippen MR) is 160 cm³/mol. The maximum atomic E-state index is 13.2. The Morgan fingerprint density at radius 3 is 2.84 bits per heavy atom. The molecule has 4 N–H and O–H groups in total. The molecule has 2 atom stereocenters. The molecule has 0 aliphatic carbocycles. The van der Waals surface area contributed by atoms with E-state index in [-0.39, 0.29) is 17.7 Å². The summed E-state index contributed by atoms with van der Waals surface area (Å²) < 4.78 is 6.17. The van der Waals surface area contributed by atoms with Gasteiger partial charge >= 0.3 is 6.09 Å². The van der Waals surface area contributed by atoms with Gasteiger partial charge in [-0.3, -0.25) is 14.9 Å². The lowest BCUT2D eigenvalue weighted by Crippen LogP contribution is -2.28. The molecule has 43 heavy (non-hydrogen) atoms. The molecule has 13 nitrogen and oxygen atoms in total. The monoisotopic (exact) mass is 603 g/mol. The Morgan fingerprint density at radius 1 is 1.19 bits per heavy atom. The third-order valence-corrected chi connectivity index (χ3v) is 7.20. The number of carbonyl (C=O) groups is 3. The number of amides is 3. The number of aromatic nitrogens is 6. The zero-order valence-electron chi connectivity index (χ0n) is 23.5. The number of halogens is 1. The van der Waals surface area contributed by atoms with E-state index in [1.165, 1.54) is 24.2 Å². The number of tetrazole rings is 1. The van der Waals surface area contributed by atoms with E-state index in [1.54, 1.807) is 48.7 Å². The second-order valence-electron chi connectivity index (χ2n) is 10.2. The highest BCUT2D eigenvalue weighted by Gasteiger charge is 2.22. The van der Waals surface area contributed by atoms with Gasteiger partial charge in [0.15, 0.2) is 0 Å². The van der Waals surface area contributed by atoms with Crippen molar-refractivity contribution in [3.63, 3.8) is 0 Å². The fourth-order valence-electron chi connectivity index (χ4n) is 4.86. The number of benzene rings is 2. The predicted octanol–water partition coefficient (Wildman–Crippen LogP) is 4.90. The van der Waals surface area contributed by atoms with Crippen molar-refractivity contribution in [3.8, 4) is 16.9 Å². The van der Waals surface area contributed by atoms with Crippen LogP contribution in [0.4, 0.5) is 16.2 Å². The number of rotatable bonds is 5. The van der Waals surface area contributed by atoms with Crippen LogP contribution in [0.2, 0.25) is 5.02 Å². The molecular formula is C29H30ClN9O4. The molecule has 0 spiro atoms. The van der Waals surface area contributed by atoms with Gasteiger partial charge in [-0.25, -0.2) is 9.78 Å². The summed E-state index contributed by atoms with van der Waals surface area (Å²) >= 11 is 6.21. The lowest BCUT2D eigenvalue weighted by Gasteiger charge is -2.17. The first-order valence-corrected chi connectivity index (χ1v) is 14.0. The smallest absolute Gasteiger partial charge is 0.411 e. The summed E-state index contributed by atoms with van der Waals surface area (Å²) in [4.78, 5) is 45.8. The molecule has 0 saturated heterocycles. The van der Waals surface area contributed by atoms with E-state index in [0.29, 0.717) is 57.6 Å². The number of anilines is 2. The van der Waals surface area contributed by atoms with Crippen molar-refractivity contribution in [1.82, 2.24) is 35.5 Å². The molecule has 2 aromatic heterocycles.